The minimum atomic E-state index is -3.20. The highest BCUT2D eigenvalue weighted by Crippen LogP contribution is 2.37. The van der Waals surface area contributed by atoms with Crippen molar-refractivity contribution in [1.29, 1.82) is 0 Å². The summed E-state index contributed by atoms with van der Waals surface area (Å²) in [6.07, 6.45) is 12.5. The largest absolute Gasteiger partial charge is 0.460 e. The molecule has 2 saturated heterocycles. The van der Waals surface area contributed by atoms with Crippen LogP contribution < -0.4 is 0 Å². The summed E-state index contributed by atoms with van der Waals surface area (Å²) in [7, 11) is -1.02. The Kier molecular flexibility index (Phi) is 21.0. The molecule has 3 rings (SSSR count). The zero-order valence-electron chi connectivity index (χ0n) is 32.0. The molecule has 2 heterocycles. The van der Waals surface area contributed by atoms with E-state index in [1.807, 2.05) is 20.8 Å². The molecular weight excluding hydrogens is 648 g/mol. The van der Waals surface area contributed by atoms with Crippen molar-refractivity contribution >= 4 is 22.3 Å². The molecule has 11 heteroatoms. The second kappa shape index (κ2) is 22.8. The summed E-state index contributed by atoms with van der Waals surface area (Å²) in [4.78, 5) is 25.3. The van der Waals surface area contributed by atoms with Gasteiger partial charge in [0.2, 0.25) is 10.0 Å². The van der Waals surface area contributed by atoms with E-state index in [1.54, 1.807) is 0 Å². The molecule has 1 unspecified atom stereocenters. The molecule has 8 nitrogen and oxygen atoms in total. The van der Waals surface area contributed by atoms with Crippen molar-refractivity contribution in [3.05, 3.63) is 35.4 Å². The van der Waals surface area contributed by atoms with Crippen molar-refractivity contribution in [3.8, 4) is 0 Å². The molecule has 1 aromatic rings. The molecule has 0 N–H and O–H groups in total. The van der Waals surface area contributed by atoms with Gasteiger partial charge in [-0.2, -0.15) is 0 Å². The van der Waals surface area contributed by atoms with Crippen LogP contribution in [-0.4, -0.2) is 99.0 Å². The predicted molar refractivity (Wildman–Crippen MR) is 196 cm³/mol. The van der Waals surface area contributed by atoms with Crippen LogP contribution in [0.4, 0.5) is 8.78 Å². The summed E-state index contributed by atoms with van der Waals surface area (Å²) in [6.45, 7) is 18.5. The fraction of sp³-hybridized carbons (Fsp3) is 0.789. The van der Waals surface area contributed by atoms with Crippen LogP contribution in [-0.2, 0) is 24.3 Å². The number of rotatable bonds is 14. The van der Waals surface area contributed by atoms with Crippen LogP contribution in [0.1, 0.15) is 124 Å². The third kappa shape index (κ3) is 18.7. The number of ether oxygens (including phenoxy) is 1. The molecule has 1 aromatic carbocycles. The van der Waals surface area contributed by atoms with Crippen LogP contribution in [0.2, 0.25) is 0 Å². The van der Waals surface area contributed by atoms with Crippen molar-refractivity contribution in [1.82, 2.24) is 14.1 Å². The zero-order chi connectivity index (χ0) is 37.2. The lowest BCUT2D eigenvalue weighted by molar-refractivity contribution is -0.151. The lowest BCUT2D eigenvalue weighted by Crippen LogP contribution is -2.44. The number of benzene rings is 1. The lowest BCUT2D eigenvalue weighted by atomic mass is 9.78. The number of carbonyl (C=O) groups excluding carboxylic acids is 2. The average Bonchev–Trinajstić information content (AvgIpc) is 3.00. The van der Waals surface area contributed by atoms with Gasteiger partial charge in [0, 0.05) is 38.5 Å². The van der Waals surface area contributed by atoms with Gasteiger partial charge in [0.15, 0.2) is 0 Å². The first-order chi connectivity index (χ1) is 22.9. The molecule has 2 aliphatic rings. The maximum absolute atomic E-state index is 14.0. The van der Waals surface area contributed by atoms with E-state index in [2.05, 4.69) is 37.6 Å². The van der Waals surface area contributed by atoms with E-state index in [-0.39, 0.29) is 23.4 Å². The second-order valence-corrected chi connectivity index (χ2v) is 16.8. The van der Waals surface area contributed by atoms with Crippen molar-refractivity contribution in [2.75, 3.05) is 52.6 Å². The Morgan fingerprint density at radius 3 is 1.88 bits per heavy atom. The fourth-order valence-electron chi connectivity index (χ4n) is 7.00. The van der Waals surface area contributed by atoms with Gasteiger partial charge in [-0.05, 0) is 122 Å². The highest BCUT2D eigenvalue weighted by atomic mass is 32.2. The number of likely N-dealkylation sites (tertiary alicyclic amines) is 1. The number of piperidine rings is 2. The highest BCUT2D eigenvalue weighted by molar-refractivity contribution is 7.88. The zero-order valence-corrected chi connectivity index (χ0v) is 32.8. The topological polar surface area (TPSA) is 87.2 Å². The molecule has 0 aromatic heterocycles. The van der Waals surface area contributed by atoms with Gasteiger partial charge in [0.05, 0.1) is 6.26 Å². The summed E-state index contributed by atoms with van der Waals surface area (Å²) in [6, 6.07) is 4.47. The van der Waals surface area contributed by atoms with E-state index in [0.717, 1.165) is 77.1 Å². The molecule has 0 bridgehead atoms. The van der Waals surface area contributed by atoms with E-state index in [9.17, 15) is 26.8 Å². The van der Waals surface area contributed by atoms with Crippen LogP contribution in [0.25, 0.3) is 0 Å². The van der Waals surface area contributed by atoms with Crippen molar-refractivity contribution in [3.63, 3.8) is 0 Å². The number of sulfonamides is 1. The molecular formula is C38H67F2N3O5S. The number of hydrogen-bond donors (Lipinski definition) is 0. The first-order valence-corrected chi connectivity index (χ1v) is 20.3. The lowest BCUT2D eigenvalue weighted by Gasteiger charge is -2.39. The third-order valence-electron chi connectivity index (χ3n) is 9.56. The van der Waals surface area contributed by atoms with Gasteiger partial charge < -0.3 is 19.3 Å². The number of carbonyl (C=O) groups is 2. The molecule has 2 fully saturated rings. The van der Waals surface area contributed by atoms with Gasteiger partial charge in [0.1, 0.15) is 23.5 Å². The van der Waals surface area contributed by atoms with Crippen LogP contribution >= 0.6 is 0 Å². The molecule has 2 aliphatic heterocycles. The summed E-state index contributed by atoms with van der Waals surface area (Å²) in [5, 5.41) is 0. The Hall–Kier alpha value is -1.95. The maximum atomic E-state index is 14.0. The predicted octanol–water partition coefficient (Wildman–Crippen LogP) is 7.67. The second-order valence-electron chi connectivity index (χ2n) is 14.8. The fourth-order valence-corrected chi connectivity index (χ4v) is 7.88. The van der Waals surface area contributed by atoms with E-state index in [1.165, 1.54) is 55.3 Å². The molecule has 0 amide bonds. The quantitative estimate of drug-likeness (QED) is 0.144. The summed E-state index contributed by atoms with van der Waals surface area (Å²) in [5.74, 6) is -0.398. The standard InChI is InChI=1S/C23H37F2N3O2S.C9H18O.C6H12O2/c1-4-26(2)22-7-10-27(11-8-22)12-9-23(19-15-20(24)17-21(25)16-19)18-5-13-28(14-6-18)31(3,29)30;1-3-5-9(6-4-2)7-8-10;1-5(7)8-6(2,3)4/h15-18,22-23H,4-14H2,1-3H3;8-9H,3-7H2,1-2H3;1-4H3. The van der Waals surface area contributed by atoms with E-state index >= 15 is 0 Å². The number of hydrogen-bond acceptors (Lipinski definition) is 7. The first kappa shape index (κ1) is 45.1. The number of aldehydes is 1. The minimum absolute atomic E-state index is 0.0305. The van der Waals surface area contributed by atoms with Crippen molar-refractivity contribution in [2.45, 2.75) is 130 Å². The number of halogens is 2. The third-order valence-corrected chi connectivity index (χ3v) is 10.9. The SMILES string of the molecule is CC(=O)OC(C)(C)C.CCCC(CC=O)CCC.CCN(C)C1CCN(CCC(c2cc(F)cc(F)c2)C2CCN(S(C)(=O)=O)CC2)CC1. The smallest absolute Gasteiger partial charge is 0.303 e. The molecule has 49 heavy (non-hydrogen) atoms. The summed E-state index contributed by atoms with van der Waals surface area (Å²) in [5.41, 5.74) is 0.377. The van der Waals surface area contributed by atoms with Gasteiger partial charge in [-0.1, -0.05) is 46.5 Å². The van der Waals surface area contributed by atoms with Crippen LogP contribution in [0.3, 0.4) is 0 Å². The monoisotopic (exact) mass is 715 g/mol. The van der Waals surface area contributed by atoms with Crippen LogP contribution in [0, 0.1) is 23.5 Å². The van der Waals surface area contributed by atoms with Gasteiger partial charge in [-0.3, -0.25) is 4.79 Å². The molecule has 0 spiro atoms. The summed E-state index contributed by atoms with van der Waals surface area (Å²) >= 11 is 0. The van der Waals surface area contributed by atoms with Gasteiger partial charge in [-0.15, -0.1) is 0 Å². The normalized spacial score (nSPS) is 17.6. The van der Waals surface area contributed by atoms with E-state index in [4.69, 9.17) is 4.74 Å². The highest BCUT2D eigenvalue weighted by Gasteiger charge is 2.32. The van der Waals surface area contributed by atoms with E-state index < -0.39 is 21.7 Å². The Bertz CT molecular complexity index is 1170. The Morgan fingerprint density at radius 2 is 1.49 bits per heavy atom. The van der Waals surface area contributed by atoms with Gasteiger partial charge >= 0.3 is 5.97 Å². The average molecular weight is 716 g/mol. The Morgan fingerprint density at radius 1 is 0.959 bits per heavy atom. The number of esters is 1. The van der Waals surface area contributed by atoms with Gasteiger partial charge in [0.25, 0.3) is 0 Å². The molecule has 0 saturated carbocycles. The van der Waals surface area contributed by atoms with Crippen LogP contribution in [0.15, 0.2) is 18.2 Å². The molecule has 284 valence electrons. The minimum Gasteiger partial charge on any atom is -0.460 e. The van der Waals surface area contributed by atoms with Gasteiger partial charge in [-0.25, -0.2) is 21.5 Å². The van der Waals surface area contributed by atoms with Crippen molar-refractivity contribution < 1.29 is 31.5 Å². The Balaban J connectivity index is 0.000000548. The number of nitrogens with zero attached hydrogens (tertiary/aromatic N) is 3. The molecule has 0 radical (unpaired) electrons. The molecule has 0 aliphatic carbocycles. The summed E-state index contributed by atoms with van der Waals surface area (Å²) < 4.78 is 58.0. The Labute approximate surface area is 297 Å². The van der Waals surface area contributed by atoms with E-state index in [0.29, 0.717) is 30.6 Å². The molecule has 1 atom stereocenters. The van der Waals surface area contributed by atoms with Crippen LogP contribution in [0.5, 0.6) is 0 Å². The maximum Gasteiger partial charge on any atom is 0.303 e. The first-order valence-electron chi connectivity index (χ1n) is 18.4. The van der Waals surface area contributed by atoms with Crippen molar-refractivity contribution in [2.24, 2.45) is 11.8 Å².